The van der Waals surface area contributed by atoms with Crippen molar-refractivity contribution in [3.8, 4) is 28.7 Å². The predicted octanol–water partition coefficient (Wildman–Crippen LogP) is 4.76. The highest BCUT2D eigenvalue weighted by molar-refractivity contribution is 6.09. The first-order valence-corrected chi connectivity index (χ1v) is 11.1. The Bertz CT molecular complexity index is 1240. The van der Waals surface area contributed by atoms with Gasteiger partial charge in [0.1, 0.15) is 11.6 Å². The molecule has 4 rings (SSSR count). The van der Waals surface area contributed by atoms with Crippen molar-refractivity contribution < 1.29 is 23.5 Å². The molecule has 2 heterocycles. The molecule has 1 fully saturated rings. The second-order valence-corrected chi connectivity index (χ2v) is 8.08. The van der Waals surface area contributed by atoms with Crippen LogP contribution in [0.2, 0.25) is 0 Å². The largest absolute Gasteiger partial charge is 0.493 e. The zero-order chi connectivity index (χ0) is 24.1. The Hall–Kier alpha value is -4.12. The first-order valence-electron chi connectivity index (χ1n) is 11.1. The average Bonchev–Trinajstić information content (AvgIpc) is 3.32. The number of amides is 1. The van der Waals surface area contributed by atoms with Gasteiger partial charge in [0.2, 0.25) is 18.1 Å². The Morgan fingerprint density at radius 3 is 2.65 bits per heavy atom. The van der Waals surface area contributed by atoms with E-state index in [4.69, 9.17) is 13.9 Å². The number of furan rings is 1. The fraction of sp³-hybridized carbons (Fsp3) is 0.308. The first-order chi connectivity index (χ1) is 16.6. The van der Waals surface area contributed by atoms with Gasteiger partial charge in [-0.3, -0.25) is 19.5 Å². The molecule has 8 heteroatoms. The Morgan fingerprint density at radius 1 is 1.18 bits per heavy atom. The molecule has 2 aromatic heterocycles. The molecule has 0 unspecified atom stereocenters. The maximum Gasteiger partial charge on any atom is 0.231 e. The average molecular weight is 460 g/mol. The third kappa shape index (κ3) is 4.37. The van der Waals surface area contributed by atoms with Crippen LogP contribution < -0.4 is 14.4 Å². The van der Waals surface area contributed by atoms with Crippen molar-refractivity contribution in [3.63, 3.8) is 0 Å². The van der Waals surface area contributed by atoms with E-state index in [0.29, 0.717) is 29.0 Å². The number of benzene rings is 1. The number of hydrogen-bond donors (Lipinski definition) is 0. The molecular weight excluding hydrogens is 434 g/mol. The number of nitriles is 1. The fourth-order valence-electron chi connectivity index (χ4n) is 4.39. The van der Waals surface area contributed by atoms with Crippen LogP contribution in [0.4, 0.5) is 5.88 Å². The van der Waals surface area contributed by atoms with E-state index in [1.807, 2.05) is 18.2 Å². The minimum absolute atomic E-state index is 0.00239. The molecule has 1 aliphatic rings. The summed E-state index contributed by atoms with van der Waals surface area (Å²) in [7, 11) is 3.09. The minimum atomic E-state index is -0.492. The summed E-state index contributed by atoms with van der Waals surface area (Å²) in [5, 5.41) is 9.64. The lowest BCUT2D eigenvalue weighted by molar-refractivity contribution is -0.108. The molecule has 1 aromatic carbocycles. The van der Waals surface area contributed by atoms with Gasteiger partial charge in [0.05, 0.1) is 14.2 Å². The molecule has 0 radical (unpaired) electrons. The van der Waals surface area contributed by atoms with Crippen molar-refractivity contribution in [3.05, 3.63) is 59.6 Å². The predicted molar refractivity (Wildman–Crippen MR) is 125 cm³/mol. The second-order valence-electron chi connectivity index (χ2n) is 8.08. The van der Waals surface area contributed by atoms with Crippen LogP contribution in [0.15, 0.2) is 47.1 Å². The lowest BCUT2D eigenvalue weighted by Gasteiger charge is -2.29. The molecular formula is C26H25N3O5. The van der Waals surface area contributed by atoms with Gasteiger partial charge in [-0.1, -0.05) is 31.4 Å². The van der Waals surface area contributed by atoms with E-state index in [9.17, 15) is 14.9 Å². The summed E-state index contributed by atoms with van der Waals surface area (Å²) < 4.78 is 16.7. The number of nitrogens with zero attached hydrogens (tertiary/aromatic N) is 3. The molecule has 0 saturated heterocycles. The summed E-state index contributed by atoms with van der Waals surface area (Å²) in [6.45, 7) is 0. The van der Waals surface area contributed by atoms with Crippen LogP contribution in [0, 0.1) is 11.3 Å². The third-order valence-electron chi connectivity index (χ3n) is 6.10. The van der Waals surface area contributed by atoms with E-state index in [-0.39, 0.29) is 28.8 Å². The quantitative estimate of drug-likeness (QED) is 0.353. The van der Waals surface area contributed by atoms with E-state index in [0.717, 1.165) is 32.1 Å². The highest BCUT2D eigenvalue weighted by Gasteiger charge is 2.28. The third-order valence-corrected chi connectivity index (χ3v) is 6.10. The molecule has 0 bridgehead atoms. The molecule has 0 spiro atoms. The SMILES string of the molecule is COc1cccc(-c2cncc(C(=O)c3oc(N(C=O)C4CCCCC4)cc3C#N)c2)c1OC. The lowest BCUT2D eigenvalue weighted by Crippen LogP contribution is -2.35. The highest BCUT2D eigenvalue weighted by Crippen LogP contribution is 2.38. The van der Waals surface area contributed by atoms with Crippen molar-refractivity contribution in [2.45, 2.75) is 38.1 Å². The normalized spacial score (nSPS) is 13.7. The molecule has 34 heavy (non-hydrogen) atoms. The van der Waals surface area contributed by atoms with Crippen LogP contribution in [0.3, 0.4) is 0 Å². The summed E-state index contributed by atoms with van der Waals surface area (Å²) >= 11 is 0. The van der Waals surface area contributed by atoms with Crippen LogP contribution in [0.1, 0.15) is 53.8 Å². The van der Waals surface area contributed by atoms with E-state index >= 15 is 0 Å². The molecule has 1 saturated carbocycles. The minimum Gasteiger partial charge on any atom is -0.493 e. The smallest absolute Gasteiger partial charge is 0.231 e. The number of pyridine rings is 1. The van der Waals surface area contributed by atoms with Gasteiger partial charge in [0.25, 0.3) is 0 Å². The van der Waals surface area contributed by atoms with Crippen LogP contribution in [-0.4, -0.2) is 37.4 Å². The van der Waals surface area contributed by atoms with Gasteiger partial charge in [-0.05, 0) is 25.0 Å². The van der Waals surface area contributed by atoms with Crippen molar-refractivity contribution in [2.75, 3.05) is 19.1 Å². The van der Waals surface area contributed by atoms with Gasteiger partial charge >= 0.3 is 0 Å². The number of anilines is 1. The van der Waals surface area contributed by atoms with Crippen molar-refractivity contribution in [1.82, 2.24) is 4.98 Å². The van der Waals surface area contributed by atoms with Crippen LogP contribution in [0.25, 0.3) is 11.1 Å². The van der Waals surface area contributed by atoms with Crippen molar-refractivity contribution >= 4 is 18.1 Å². The van der Waals surface area contributed by atoms with Gasteiger partial charge in [-0.15, -0.1) is 0 Å². The van der Waals surface area contributed by atoms with Crippen molar-refractivity contribution in [2.24, 2.45) is 0 Å². The summed E-state index contributed by atoms with van der Waals surface area (Å²) in [6, 6.07) is 10.6. The van der Waals surface area contributed by atoms with E-state index in [1.54, 1.807) is 32.5 Å². The number of methoxy groups -OCH3 is 2. The number of ether oxygens (including phenoxy) is 2. The van der Waals surface area contributed by atoms with Crippen molar-refractivity contribution in [1.29, 1.82) is 5.26 Å². The summed E-state index contributed by atoms with van der Waals surface area (Å²) in [5.41, 5.74) is 1.67. The number of aromatic nitrogens is 1. The summed E-state index contributed by atoms with van der Waals surface area (Å²) in [6.07, 6.45) is 8.65. The molecule has 8 nitrogen and oxygen atoms in total. The van der Waals surface area contributed by atoms with Gasteiger partial charge in [-0.2, -0.15) is 5.26 Å². The number of carbonyl (C=O) groups excluding carboxylic acids is 2. The first kappa shape index (κ1) is 23.1. The van der Waals surface area contributed by atoms with Gasteiger partial charge in [0, 0.05) is 41.2 Å². The summed E-state index contributed by atoms with van der Waals surface area (Å²) in [4.78, 5) is 30.9. The number of rotatable bonds is 8. The Kier molecular flexibility index (Phi) is 6.93. The second kappa shape index (κ2) is 10.2. The van der Waals surface area contributed by atoms with Crippen LogP contribution in [0.5, 0.6) is 11.5 Å². The molecule has 0 atom stereocenters. The standard InChI is InChI=1S/C26H25N3O5/c1-32-22-10-6-9-21(26(22)33-2)18-11-19(15-28-14-18)24(31)25-17(13-27)12-23(34-25)29(16-30)20-7-4-3-5-8-20/h6,9-12,14-16,20H,3-5,7-8H2,1-2H3. The van der Waals surface area contributed by atoms with Gasteiger partial charge < -0.3 is 13.9 Å². The van der Waals surface area contributed by atoms with Crippen LogP contribution in [-0.2, 0) is 4.79 Å². The topological polar surface area (TPSA) is 106 Å². The lowest BCUT2D eigenvalue weighted by atomic mass is 9.94. The molecule has 174 valence electrons. The van der Waals surface area contributed by atoms with Gasteiger partial charge in [-0.25, -0.2) is 0 Å². The molecule has 1 amide bonds. The highest BCUT2D eigenvalue weighted by atomic mass is 16.5. The number of carbonyl (C=O) groups is 2. The number of ketones is 1. The molecule has 0 aliphatic heterocycles. The Morgan fingerprint density at radius 2 is 1.97 bits per heavy atom. The Labute approximate surface area is 197 Å². The zero-order valence-electron chi connectivity index (χ0n) is 19.1. The maximum atomic E-state index is 13.3. The molecule has 0 N–H and O–H groups in total. The number of para-hydroxylation sites is 1. The zero-order valence-corrected chi connectivity index (χ0v) is 19.1. The van der Waals surface area contributed by atoms with E-state index in [2.05, 4.69) is 4.98 Å². The van der Waals surface area contributed by atoms with Gasteiger partial charge in [0.15, 0.2) is 17.3 Å². The van der Waals surface area contributed by atoms with E-state index in [1.165, 1.54) is 17.2 Å². The monoisotopic (exact) mass is 459 g/mol. The fourth-order valence-corrected chi connectivity index (χ4v) is 4.39. The Balaban J connectivity index is 1.69. The molecule has 3 aromatic rings. The maximum absolute atomic E-state index is 13.3. The van der Waals surface area contributed by atoms with E-state index < -0.39 is 5.78 Å². The summed E-state index contributed by atoms with van der Waals surface area (Å²) in [5.74, 6) is 0.671. The number of hydrogen-bond acceptors (Lipinski definition) is 7. The molecule has 1 aliphatic carbocycles. The van der Waals surface area contributed by atoms with Crippen LogP contribution >= 0.6 is 0 Å².